The fraction of sp³-hybridized carbons (Fsp3) is 0.176. The molecule has 0 saturated carbocycles. The summed E-state index contributed by atoms with van der Waals surface area (Å²) in [5.74, 6) is -1.23. The zero-order valence-electron chi connectivity index (χ0n) is 14.3. The first-order valence-corrected chi connectivity index (χ1v) is 7.73. The Morgan fingerprint density at radius 1 is 1.26 bits per heavy atom. The number of anilines is 1. The number of carbonyl (C=O) groups is 2. The lowest BCUT2D eigenvalue weighted by Gasteiger charge is -2.13. The number of hydrogen-bond donors (Lipinski definition) is 2. The molecular formula is C17H14F3N5O2. The van der Waals surface area contributed by atoms with Crippen molar-refractivity contribution in [3.8, 4) is 11.1 Å². The van der Waals surface area contributed by atoms with Crippen LogP contribution < -0.4 is 11.1 Å². The molecule has 0 aliphatic heterocycles. The minimum atomic E-state index is -4.53. The summed E-state index contributed by atoms with van der Waals surface area (Å²) in [5, 5.41) is 6.44. The summed E-state index contributed by atoms with van der Waals surface area (Å²) >= 11 is 0. The van der Waals surface area contributed by atoms with Crippen molar-refractivity contribution in [1.82, 2.24) is 14.6 Å². The lowest BCUT2D eigenvalue weighted by molar-refractivity contribution is -0.137. The Kier molecular flexibility index (Phi) is 4.34. The number of nitrogens with two attached hydrogens (primary N) is 1. The summed E-state index contributed by atoms with van der Waals surface area (Å²) < 4.78 is 40.5. The zero-order chi connectivity index (χ0) is 19.9. The van der Waals surface area contributed by atoms with E-state index in [0.29, 0.717) is 5.56 Å². The highest BCUT2D eigenvalue weighted by Gasteiger charge is 2.31. The fourth-order valence-corrected chi connectivity index (χ4v) is 2.76. The summed E-state index contributed by atoms with van der Waals surface area (Å²) in [6.45, 7) is 2.82. The SMILES string of the molecule is CC(=O)Nc1nc2c(-c3cccc(C(F)(F)F)c3)c(C)c(C(N)=O)cn2n1. The molecule has 0 spiro atoms. The van der Waals surface area contributed by atoms with Gasteiger partial charge in [-0.3, -0.25) is 14.9 Å². The Bertz CT molecular complexity index is 1070. The molecule has 2 amide bonds. The Hall–Kier alpha value is -3.43. The zero-order valence-corrected chi connectivity index (χ0v) is 14.3. The van der Waals surface area contributed by atoms with Gasteiger partial charge in [-0.2, -0.15) is 18.2 Å². The van der Waals surface area contributed by atoms with Gasteiger partial charge in [0.1, 0.15) is 0 Å². The smallest absolute Gasteiger partial charge is 0.366 e. The van der Waals surface area contributed by atoms with Gasteiger partial charge in [0.05, 0.1) is 11.1 Å². The van der Waals surface area contributed by atoms with Gasteiger partial charge in [0.15, 0.2) is 5.65 Å². The van der Waals surface area contributed by atoms with Gasteiger partial charge in [-0.1, -0.05) is 12.1 Å². The number of pyridine rings is 1. The normalized spacial score (nSPS) is 11.6. The summed E-state index contributed by atoms with van der Waals surface area (Å²) in [6, 6.07) is 4.63. The van der Waals surface area contributed by atoms with Crippen molar-refractivity contribution in [2.75, 3.05) is 5.32 Å². The highest BCUT2D eigenvalue weighted by atomic mass is 19.4. The van der Waals surface area contributed by atoms with Crippen LogP contribution >= 0.6 is 0 Å². The molecule has 2 heterocycles. The van der Waals surface area contributed by atoms with Crippen molar-refractivity contribution in [3.63, 3.8) is 0 Å². The van der Waals surface area contributed by atoms with Crippen molar-refractivity contribution >= 4 is 23.4 Å². The van der Waals surface area contributed by atoms with Crippen LogP contribution in [0.1, 0.15) is 28.4 Å². The standard InChI is InChI=1S/C17H14F3N5O2/c1-8-12(14(21)27)7-25-15(23-16(24-25)22-9(2)26)13(8)10-4-3-5-11(6-10)17(18,19)20/h3-7H,1-2H3,(H2,21,27)(H,22,24,26). The Balaban J connectivity index is 2.33. The highest BCUT2D eigenvalue weighted by molar-refractivity contribution is 5.98. The third-order valence-corrected chi connectivity index (χ3v) is 3.92. The molecule has 0 radical (unpaired) electrons. The second kappa shape index (κ2) is 6.38. The molecule has 1 aromatic carbocycles. The van der Waals surface area contributed by atoms with Crippen molar-refractivity contribution in [2.24, 2.45) is 5.73 Å². The van der Waals surface area contributed by atoms with Crippen molar-refractivity contribution < 1.29 is 22.8 Å². The van der Waals surface area contributed by atoms with E-state index in [0.717, 1.165) is 12.1 Å². The maximum atomic E-state index is 13.1. The van der Waals surface area contributed by atoms with Crippen LogP contribution in [0.25, 0.3) is 16.8 Å². The van der Waals surface area contributed by atoms with Gasteiger partial charge in [0.25, 0.3) is 5.91 Å². The number of amides is 2. The minimum Gasteiger partial charge on any atom is -0.366 e. The van der Waals surface area contributed by atoms with Crippen molar-refractivity contribution in [2.45, 2.75) is 20.0 Å². The predicted octanol–water partition coefficient (Wildman–Crippen LogP) is 2.78. The molecule has 140 valence electrons. The maximum Gasteiger partial charge on any atom is 0.416 e. The van der Waals surface area contributed by atoms with E-state index in [1.807, 2.05) is 0 Å². The molecular weight excluding hydrogens is 363 g/mol. The number of hydrogen-bond acceptors (Lipinski definition) is 4. The molecule has 0 unspecified atom stereocenters. The number of nitrogens with zero attached hydrogens (tertiary/aromatic N) is 3. The van der Waals surface area contributed by atoms with E-state index in [4.69, 9.17) is 5.73 Å². The molecule has 0 aliphatic carbocycles. The van der Waals surface area contributed by atoms with Crippen LogP contribution in [-0.2, 0) is 11.0 Å². The minimum absolute atomic E-state index is 0.0447. The first kappa shape index (κ1) is 18.4. The molecule has 0 saturated heterocycles. The van der Waals surface area contributed by atoms with Crippen LogP contribution in [0.3, 0.4) is 0 Å². The molecule has 3 rings (SSSR count). The third-order valence-electron chi connectivity index (χ3n) is 3.92. The van der Waals surface area contributed by atoms with Gasteiger partial charge >= 0.3 is 6.18 Å². The quantitative estimate of drug-likeness (QED) is 0.733. The number of rotatable bonds is 3. The number of benzene rings is 1. The van der Waals surface area contributed by atoms with E-state index in [-0.39, 0.29) is 28.3 Å². The monoisotopic (exact) mass is 377 g/mol. The third kappa shape index (κ3) is 3.46. The van der Waals surface area contributed by atoms with E-state index in [1.54, 1.807) is 6.92 Å². The van der Waals surface area contributed by atoms with E-state index >= 15 is 0 Å². The first-order chi connectivity index (χ1) is 12.6. The molecule has 0 fully saturated rings. The van der Waals surface area contributed by atoms with Crippen LogP contribution in [0, 0.1) is 6.92 Å². The number of carbonyl (C=O) groups excluding carboxylic acids is 2. The molecule has 0 atom stereocenters. The second-order valence-electron chi connectivity index (χ2n) is 5.87. The maximum absolute atomic E-state index is 13.1. The van der Waals surface area contributed by atoms with Crippen LogP contribution in [0.5, 0.6) is 0 Å². The number of fused-ring (bicyclic) bond motifs is 1. The lowest BCUT2D eigenvalue weighted by Crippen LogP contribution is -2.15. The van der Waals surface area contributed by atoms with E-state index in [9.17, 15) is 22.8 Å². The Morgan fingerprint density at radius 2 is 1.96 bits per heavy atom. The highest BCUT2D eigenvalue weighted by Crippen LogP contribution is 2.35. The van der Waals surface area contributed by atoms with Gasteiger partial charge in [-0.15, -0.1) is 5.10 Å². The van der Waals surface area contributed by atoms with Crippen LogP contribution in [-0.4, -0.2) is 26.4 Å². The number of primary amides is 1. The molecule has 3 aromatic rings. The summed E-state index contributed by atoms with van der Waals surface area (Å²) in [4.78, 5) is 27.2. The molecule has 10 heteroatoms. The molecule has 0 aliphatic rings. The van der Waals surface area contributed by atoms with Gasteiger partial charge in [0, 0.05) is 18.7 Å². The first-order valence-electron chi connectivity index (χ1n) is 7.73. The van der Waals surface area contributed by atoms with E-state index < -0.39 is 23.6 Å². The average molecular weight is 377 g/mol. The Morgan fingerprint density at radius 3 is 2.56 bits per heavy atom. The number of aromatic nitrogens is 3. The average Bonchev–Trinajstić information content (AvgIpc) is 2.94. The van der Waals surface area contributed by atoms with Gasteiger partial charge < -0.3 is 5.73 Å². The second-order valence-corrected chi connectivity index (χ2v) is 5.87. The van der Waals surface area contributed by atoms with E-state index in [1.165, 1.54) is 29.8 Å². The molecule has 7 nitrogen and oxygen atoms in total. The largest absolute Gasteiger partial charge is 0.416 e. The Labute approximate surface area is 151 Å². The van der Waals surface area contributed by atoms with Gasteiger partial charge in [-0.05, 0) is 30.2 Å². The van der Waals surface area contributed by atoms with E-state index in [2.05, 4.69) is 15.4 Å². The molecule has 3 N–H and O–H groups in total. The van der Waals surface area contributed by atoms with Crippen molar-refractivity contribution in [3.05, 3.63) is 47.2 Å². The molecule has 0 bridgehead atoms. The van der Waals surface area contributed by atoms with Gasteiger partial charge in [0.2, 0.25) is 11.9 Å². The number of halogens is 3. The fourth-order valence-electron chi connectivity index (χ4n) is 2.76. The molecule has 27 heavy (non-hydrogen) atoms. The number of alkyl halides is 3. The predicted molar refractivity (Wildman–Crippen MR) is 91.0 cm³/mol. The lowest BCUT2D eigenvalue weighted by atomic mass is 9.96. The van der Waals surface area contributed by atoms with Crippen LogP contribution in [0.4, 0.5) is 19.1 Å². The molecule has 2 aromatic heterocycles. The summed E-state index contributed by atoms with van der Waals surface area (Å²) in [5.41, 5.74) is 5.62. The van der Waals surface area contributed by atoms with Crippen LogP contribution in [0.15, 0.2) is 30.5 Å². The van der Waals surface area contributed by atoms with Gasteiger partial charge in [-0.25, -0.2) is 4.52 Å². The van der Waals surface area contributed by atoms with Crippen molar-refractivity contribution in [1.29, 1.82) is 0 Å². The topological polar surface area (TPSA) is 102 Å². The number of nitrogens with one attached hydrogen (secondary N) is 1. The summed E-state index contributed by atoms with van der Waals surface area (Å²) in [6.07, 6.45) is -3.21. The van der Waals surface area contributed by atoms with Crippen LogP contribution in [0.2, 0.25) is 0 Å². The summed E-state index contributed by atoms with van der Waals surface area (Å²) in [7, 11) is 0.